The van der Waals surface area contributed by atoms with E-state index < -0.39 is 0 Å². The van der Waals surface area contributed by atoms with Gasteiger partial charge < -0.3 is 10.6 Å². The number of amides is 1. The van der Waals surface area contributed by atoms with Crippen molar-refractivity contribution in [2.75, 3.05) is 19.6 Å². The summed E-state index contributed by atoms with van der Waals surface area (Å²) in [5, 5.41) is 6.12. The van der Waals surface area contributed by atoms with Gasteiger partial charge >= 0.3 is 0 Å². The number of piperidine rings is 1. The van der Waals surface area contributed by atoms with Crippen LogP contribution in [0.2, 0.25) is 0 Å². The van der Waals surface area contributed by atoms with Gasteiger partial charge in [-0.1, -0.05) is 22.5 Å². The third kappa shape index (κ3) is 3.10. The lowest BCUT2D eigenvalue weighted by Gasteiger charge is -2.32. The van der Waals surface area contributed by atoms with Crippen LogP contribution in [0.5, 0.6) is 0 Å². The first-order valence-electron chi connectivity index (χ1n) is 4.87. The maximum atomic E-state index is 11.8. The van der Waals surface area contributed by atoms with Crippen LogP contribution in [0, 0.1) is 5.41 Å². The van der Waals surface area contributed by atoms with Gasteiger partial charge in [0, 0.05) is 17.6 Å². The lowest BCUT2D eigenvalue weighted by molar-refractivity contribution is -0.130. The Bertz CT molecular complexity index is 234. The Morgan fingerprint density at radius 2 is 2.43 bits per heavy atom. The van der Waals surface area contributed by atoms with Crippen LogP contribution in [0.15, 0.2) is 11.1 Å². The van der Waals surface area contributed by atoms with E-state index in [2.05, 4.69) is 33.1 Å². The van der Waals surface area contributed by atoms with E-state index in [0.717, 1.165) is 30.4 Å². The van der Waals surface area contributed by atoms with Gasteiger partial charge in [0.25, 0.3) is 0 Å². The second-order valence-electron chi connectivity index (χ2n) is 4.04. The van der Waals surface area contributed by atoms with Gasteiger partial charge in [-0.2, -0.15) is 0 Å². The summed E-state index contributed by atoms with van der Waals surface area (Å²) in [7, 11) is 0. The molecule has 2 N–H and O–H groups in total. The molecular weight excluding hydrogens is 244 g/mol. The number of carbonyl (C=O) groups is 1. The maximum absolute atomic E-state index is 11.8. The Hall–Kier alpha value is -0.350. The average Bonchev–Trinajstić information content (AvgIpc) is 2.15. The summed E-state index contributed by atoms with van der Waals surface area (Å²) in [6, 6.07) is 0. The molecule has 0 aromatic carbocycles. The van der Waals surface area contributed by atoms with E-state index in [9.17, 15) is 4.79 Å². The van der Waals surface area contributed by atoms with Crippen molar-refractivity contribution in [1.82, 2.24) is 10.6 Å². The molecule has 1 aliphatic rings. The Kier molecular flexibility index (Phi) is 4.13. The van der Waals surface area contributed by atoms with Gasteiger partial charge in [0.05, 0.1) is 5.41 Å². The van der Waals surface area contributed by atoms with E-state index >= 15 is 0 Å². The lowest BCUT2D eigenvalue weighted by atomic mass is 9.82. The molecule has 0 saturated carbocycles. The van der Waals surface area contributed by atoms with Crippen molar-refractivity contribution in [1.29, 1.82) is 0 Å². The Morgan fingerprint density at radius 1 is 1.71 bits per heavy atom. The van der Waals surface area contributed by atoms with Crippen LogP contribution in [0.25, 0.3) is 0 Å². The molecule has 1 heterocycles. The summed E-state index contributed by atoms with van der Waals surface area (Å²) < 4.78 is 0.804. The quantitative estimate of drug-likeness (QED) is 0.806. The minimum absolute atomic E-state index is 0.116. The molecule has 80 valence electrons. The molecule has 1 amide bonds. The molecule has 0 aromatic heterocycles. The van der Waals surface area contributed by atoms with Crippen LogP contribution in [-0.4, -0.2) is 25.5 Å². The Morgan fingerprint density at radius 3 is 2.93 bits per heavy atom. The summed E-state index contributed by atoms with van der Waals surface area (Å²) in [5.41, 5.74) is -0.249. The molecule has 0 aromatic rings. The van der Waals surface area contributed by atoms with Crippen LogP contribution >= 0.6 is 15.9 Å². The molecule has 0 bridgehead atoms. The van der Waals surface area contributed by atoms with Gasteiger partial charge in [-0.25, -0.2) is 0 Å². The monoisotopic (exact) mass is 260 g/mol. The van der Waals surface area contributed by atoms with Gasteiger partial charge in [-0.3, -0.25) is 4.79 Å². The molecule has 0 spiro atoms. The molecule has 1 rings (SSSR count). The second kappa shape index (κ2) is 4.94. The number of hydrogen-bond donors (Lipinski definition) is 2. The molecule has 1 unspecified atom stereocenters. The summed E-state index contributed by atoms with van der Waals surface area (Å²) in [4.78, 5) is 11.8. The van der Waals surface area contributed by atoms with E-state index in [4.69, 9.17) is 0 Å². The fourth-order valence-electron chi connectivity index (χ4n) is 1.64. The highest BCUT2D eigenvalue weighted by Gasteiger charge is 2.34. The van der Waals surface area contributed by atoms with E-state index in [1.54, 1.807) is 0 Å². The van der Waals surface area contributed by atoms with Crippen LogP contribution in [0.4, 0.5) is 0 Å². The molecule has 3 nitrogen and oxygen atoms in total. The lowest BCUT2D eigenvalue weighted by Crippen LogP contribution is -2.48. The van der Waals surface area contributed by atoms with Gasteiger partial charge in [0.2, 0.25) is 5.91 Å². The molecule has 1 fully saturated rings. The van der Waals surface area contributed by atoms with Gasteiger partial charge in [-0.15, -0.1) is 0 Å². The average molecular weight is 261 g/mol. The number of nitrogens with one attached hydrogen (secondary N) is 2. The van der Waals surface area contributed by atoms with Crippen molar-refractivity contribution in [3.63, 3.8) is 0 Å². The SMILES string of the molecule is C=C(Br)CNC(=O)C1(C)CCCNC1. The molecule has 14 heavy (non-hydrogen) atoms. The minimum atomic E-state index is -0.249. The highest BCUT2D eigenvalue weighted by Crippen LogP contribution is 2.25. The predicted octanol–water partition coefficient (Wildman–Crippen LogP) is 1.40. The van der Waals surface area contributed by atoms with Crippen LogP contribution in [-0.2, 0) is 4.79 Å². The summed E-state index contributed by atoms with van der Waals surface area (Å²) in [6.07, 6.45) is 2.03. The van der Waals surface area contributed by atoms with Crippen molar-refractivity contribution in [3.8, 4) is 0 Å². The fourth-order valence-corrected chi connectivity index (χ4v) is 1.78. The minimum Gasteiger partial charge on any atom is -0.351 e. The van der Waals surface area contributed by atoms with E-state index in [-0.39, 0.29) is 11.3 Å². The first-order chi connectivity index (χ1) is 6.54. The number of hydrogen-bond acceptors (Lipinski definition) is 2. The van der Waals surface area contributed by atoms with Crippen LogP contribution in [0.3, 0.4) is 0 Å². The first-order valence-corrected chi connectivity index (χ1v) is 5.66. The Balaban J connectivity index is 2.45. The summed E-state index contributed by atoms with van der Waals surface area (Å²) >= 11 is 3.22. The number of halogens is 1. The highest BCUT2D eigenvalue weighted by atomic mass is 79.9. The van der Waals surface area contributed by atoms with E-state index in [1.807, 2.05) is 6.92 Å². The molecule has 1 saturated heterocycles. The Labute approximate surface area is 93.5 Å². The van der Waals surface area contributed by atoms with Gasteiger partial charge in [0.15, 0.2) is 0 Å². The molecule has 0 aliphatic carbocycles. The summed E-state index contributed by atoms with van der Waals surface area (Å²) in [5.74, 6) is 0.116. The third-order valence-corrected chi connectivity index (χ3v) is 2.87. The van der Waals surface area contributed by atoms with Gasteiger partial charge in [0.1, 0.15) is 0 Å². The zero-order valence-corrected chi connectivity index (χ0v) is 10.1. The normalized spacial score (nSPS) is 27.0. The fraction of sp³-hybridized carbons (Fsp3) is 0.700. The highest BCUT2D eigenvalue weighted by molar-refractivity contribution is 9.11. The van der Waals surface area contributed by atoms with E-state index in [1.165, 1.54) is 0 Å². The summed E-state index contributed by atoms with van der Waals surface area (Å²) in [6.45, 7) is 7.99. The molecule has 1 aliphatic heterocycles. The molecular formula is C10H17BrN2O. The predicted molar refractivity (Wildman–Crippen MR) is 61.3 cm³/mol. The van der Waals surface area contributed by atoms with Crippen LogP contribution in [0.1, 0.15) is 19.8 Å². The standard InChI is InChI=1S/C10H17BrN2O/c1-8(11)6-13-9(14)10(2)4-3-5-12-7-10/h12H,1,3-7H2,2H3,(H,13,14). The zero-order valence-electron chi connectivity index (χ0n) is 8.53. The molecule has 1 atom stereocenters. The van der Waals surface area contributed by atoms with Crippen molar-refractivity contribution in [3.05, 3.63) is 11.1 Å². The topological polar surface area (TPSA) is 41.1 Å². The van der Waals surface area contributed by atoms with Crippen molar-refractivity contribution in [2.45, 2.75) is 19.8 Å². The van der Waals surface area contributed by atoms with Crippen LogP contribution < -0.4 is 10.6 Å². The zero-order chi connectivity index (χ0) is 10.6. The van der Waals surface area contributed by atoms with Gasteiger partial charge in [-0.05, 0) is 26.3 Å². The largest absolute Gasteiger partial charge is 0.351 e. The van der Waals surface area contributed by atoms with Crippen molar-refractivity contribution in [2.24, 2.45) is 5.41 Å². The van der Waals surface area contributed by atoms with E-state index in [0.29, 0.717) is 6.54 Å². The van der Waals surface area contributed by atoms with Crippen molar-refractivity contribution >= 4 is 21.8 Å². The smallest absolute Gasteiger partial charge is 0.227 e. The maximum Gasteiger partial charge on any atom is 0.227 e. The molecule has 0 radical (unpaired) electrons. The van der Waals surface area contributed by atoms with Crippen molar-refractivity contribution < 1.29 is 4.79 Å². The first kappa shape index (κ1) is 11.7. The number of rotatable bonds is 3. The molecule has 4 heteroatoms. The number of carbonyl (C=O) groups excluding carboxylic acids is 1. The second-order valence-corrected chi connectivity index (χ2v) is 5.16. The third-order valence-electron chi connectivity index (χ3n) is 2.59.